The summed E-state index contributed by atoms with van der Waals surface area (Å²) < 4.78 is 0. The van der Waals surface area contributed by atoms with E-state index in [-0.39, 0.29) is 24.9 Å². The van der Waals surface area contributed by atoms with Crippen molar-refractivity contribution in [1.82, 2.24) is 10.2 Å². The van der Waals surface area contributed by atoms with Crippen molar-refractivity contribution in [3.63, 3.8) is 0 Å². The lowest BCUT2D eigenvalue weighted by Crippen LogP contribution is -2.38. The van der Waals surface area contributed by atoms with Gasteiger partial charge in [-0.1, -0.05) is 6.07 Å². The molecule has 1 fully saturated rings. The van der Waals surface area contributed by atoms with E-state index in [2.05, 4.69) is 10.6 Å². The third kappa shape index (κ3) is 3.96. The summed E-state index contributed by atoms with van der Waals surface area (Å²) in [4.78, 5) is 25.3. The van der Waals surface area contributed by atoms with Crippen molar-refractivity contribution in [2.45, 2.75) is 13.3 Å². The Morgan fingerprint density at radius 3 is 3.10 bits per heavy atom. The van der Waals surface area contributed by atoms with Crippen LogP contribution in [0.3, 0.4) is 0 Å². The van der Waals surface area contributed by atoms with Crippen LogP contribution in [-0.4, -0.2) is 42.9 Å². The summed E-state index contributed by atoms with van der Waals surface area (Å²) in [5, 5.41) is 5.63. The largest absolute Gasteiger partial charge is 0.399 e. The number of hydrogen-bond donors (Lipinski definition) is 3. The Hall–Kier alpha value is -2.08. The second-order valence-corrected chi connectivity index (χ2v) is 5.04. The van der Waals surface area contributed by atoms with Crippen LogP contribution in [-0.2, 0) is 9.59 Å². The van der Waals surface area contributed by atoms with Gasteiger partial charge in [-0.2, -0.15) is 0 Å². The number of anilines is 2. The van der Waals surface area contributed by atoms with E-state index in [0.717, 1.165) is 18.5 Å². The molecule has 0 unspecified atom stereocenters. The van der Waals surface area contributed by atoms with E-state index in [4.69, 9.17) is 5.73 Å². The monoisotopic (exact) mass is 276 g/mol. The maximum Gasteiger partial charge on any atom is 0.238 e. The molecule has 0 radical (unpaired) electrons. The van der Waals surface area contributed by atoms with Crippen molar-refractivity contribution < 1.29 is 9.59 Å². The quantitative estimate of drug-likeness (QED) is 0.695. The zero-order valence-corrected chi connectivity index (χ0v) is 11.6. The van der Waals surface area contributed by atoms with Gasteiger partial charge in [-0.15, -0.1) is 0 Å². The molecule has 6 heteroatoms. The Labute approximate surface area is 118 Å². The molecular weight excluding hydrogens is 256 g/mol. The zero-order chi connectivity index (χ0) is 14.5. The lowest BCUT2D eigenvalue weighted by molar-refractivity contribution is -0.122. The third-order valence-electron chi connectivity index (χ3n) is 3.24. The summed E-state index contributed by atoms with van der Waals surface area (Å²) in [5.41, 5.74) is 8.00. The molecule has 0 spiro atoms. The number of carbonyl (C=O) groups is 2. The highest BCUT2D eigenvalue weighted by Crippen LogP contribution is 2.18. The Balaban J connectivity index is 1.94. The van der Waals surface area contributed by atoms with Gasteiger partial charge in [0, 0.05) is 24.5 Å². The van der Waals surface area contributed by atoms with Gasteiger partial charge >= 0.3 is 0 Å². The lowest BCUT2D eigenvalue weighted by Gasteiger charge is -2.18. The zero-order valence-electron chi connectivity index (χ0n) is 11.6. The van der Waals surface area contributed by atoms with Gasteiger partial charge in [0.15, 0.2) is 0 Å². The molecule has 1 saturated heterocycles. The fourth-order valence-corrected chi connectivity index (χ4v) is 2.17. The molecule has 2 rings (SSSR count). The smallest absolute Gasteiger partial charge is 0.238 e. The van der Waals surface area contributed by atoms with Crippen LogP contribution >= 0.6 is 0 Å². The number of benzene rings is 1. The molecule has 1 aliphatic heterocycles. The van der Waals surface area contributed by atoms with E-state index < -0.39 is 0 Å². The van der Waals surface area contributed by atoms with E-state index >= 15 is 0 Å². The van der Waals surface area contributed by atoms with Gasteiger partial charge in [0.25, 0.3) is 0 Å². The highest BCUT2D eigenvalue weighted by Gasteiger charge is 2.17. The van der Waals surface area contributed by atoms with Crippen LogP contribution in [0.15, 0.2) is 18.2 Å². The molecule has 0 atom stereocenters. The highest BCUT2D eigenvalue weighted by atomic mass is 16.2. The van der Waals surface area contributed by atoms with Gasteiger partial charge in [0.05, 0.1) is 13.1 Å². The first-order valence-electron chi connectivity index (χ1n) is 6.69. The van der Waals surface area contributed by atoms with Crippen LogP contribution in [0.4, 0.5) is 11.4 Å². The number of carbonyl (C=O) groups excluding carboxylic acids is 2. The van der Waals surface area contributed by atoms with E-state index in [1.54, 1.807) is 12.1 Å². The molecule has 1 aromatic carbocycles. The van der Waals surface area contributed by atoms with Gasteiger partial charge in [-0.25, -0.2) is 0 Å². The molecule has 0 aliphatic carbocycles. The predicted molar refractivity (Wildman–Crippen MR) is 78.3 cm³/mol. The van der Waals surface area contributed by atoms with Crippen molar-refractivity contribution >= 4 is 23.2 Å². The van der Waals surface area contributed by atoms with Crippen LogP contribution in [0.2, 0.25) is 0 Å². The van der Waals surface area contributed by atoms with Gasteiger partial charge in [-0.3, -0.25) is 14.5 Å². The number of nitrogens with one attached hydrogen (secondary N) is 2. The first-order valence-corrected chi connectivity index (χ1v) is 6.69. The van der Waals surface area contributed by atoms with Crippen LogP contribution in [0, 0.1) is 6.92 Å². The van der Waals surface area contributed by atoms with Gasteiger partial charge < -0.3 is 16.4 Å². The average molecular weight is 276 g/mol. The van der Waals surface area contributed by atoms with Crippen LogP contribution < -0.4 is 16.4 Å². The van der Waals surface area contributed by atoms with Crippen LogP contribution in [0.5, 0.6) is 0 Å². The number of rotatable bonds is 3. The molecule has 108 valence electrons. The Morgan fingerprint density at radius 2 is 2.30 bits per heavy atom. The number of nitrogens with two attached hydrogens (primary N) is 1. The number of nitrogens with zero attached hydrogens (tertiary/aromatic N) is 1. The molecule has 0 bridgehead atoms. The summed E-state index contributed by atoms with van der Waals surface area (Å²) in [6, 6.07) is 5.40. The standard InChI is InChI=1S/C14H20N4O2/c1-10-3-4-11(15)7-12(10)17-14(20)9-18-6-2-5-16-13(19)8-18/h3-4,7H,2,5-6,8-9,15H2,1H3,(H,16,19)(H,17,20). The predicted octanol–water partition coefficient (Wildman–Crippen LogP) is 0.338. The number of aryl methyl sites for hydroxylation is 1. The fraction of sp³-hybridized carbons (Fsp3) is 0.429. The molecule has 4 N–H and O–H groups in total. The molecule has 1 heterocycles. The normalized spacial score (nSPS) is 16.4. The van der Waals surface area contributed by atoms with Gasteiger partial charge in [0.2, 0.25) is 11.8 Å². The van der Waals surface area contributed by atoms with Crippen molar-refractivity contribution in [2.75, 3.05) is 37.2 Å². The first-order chi connectivity index (χ1) is 9.54. The number of amides is 2. The van der Waals surface area contributed by atoms with Crippen LogP contribution in [0.25, 0.3) is 0 Å². The Morgan fingerprint density at radius 1 is 1.50 bits per heavy atom. The van der Waals surface area contributed by atoms with Crippen molar-refractivity contribution in [3.8, 4) is 0 Å². The first kappa shape index (κ1) is 14.3. The Kier molecular flexibility index (Phi) is 4.57. The van der Waals surface area contributed by atoms with E-state index in [1.165, 1.54) is 0 Å². The Bertz CT molecular complexity index is 516. The topological polar surface area (TPSA) is 87.5 Å². The maximum atomic E-state index is 12.0. The average Bonchev–Trinajstić information content (AvgIpc) is 2.58. The second-order valence-electron chi connectivity index (χ2n) is 5.04. The second kappa shape index (κ2) is 6.38. The van der Waals surface area contributed by atoms with Gasteiger partial charge in [0.1, 0.15) is 0 Å². The summed E-state index contributed by atoms with van der Waals surface area (Å²) >= 11 is 0. The molecule has 6 nitrogen and oxygen atoms in total. The highest BCUT2D eigenvalue weighted by molar-refractivity contribution is 5.93. The van der Waals surface area contributed by atoms with Crippen molar-refractivity contribution in [3.05, 3.63) is 23.8 Å². The molecule has 0 saturated carbocycles. The molecule has 1 aliphatic rings. The van der Waals surface area contributed by atoms with Crippen LogP contribution in [0.1, 0.15) is 12.0 Å². The minimum absolute atomic E-state index is 0.0320. The molecule has 1 aromatic rings. The SMILES string of the molecule is Cc1ccc(N)cc1NC(=O)CN1CCCNC(=O)C1. The maximum absolute atomic E-state index is 12.0. The van der Waals surface area contributed by atoms with Crippen molar-refractivity contribution in [1.29, 1.82) is 0 Å². The molecular formula is C14H20N4O2. The summed E-state index contributed by atoms with van der Waals surface area (Å²) in [6.45, 7) is 3.80. The minimum Gasteiger partial charge on any atom is -0.399 e. The third-order valence-corrected chi connectivity index (χ3v) is 3.24. The number of hydrogen-bond acceptors (Lipinski definition) is 4. The number of nitrogen functional groups attached to an aromatic ring is 1. The van der Waals surface area contributed by atoms with E-state index in [0.29, 0.717) is 17.9 Å². The summed E-state index contributed by atoms with van der Waals surface area (Å²) in [5.74, 6) is -0.163. The van der Waals surface area contributed by atoms with Crippen molar-refractivity contribution in [2.24, 2.45) is 0 Å². The van der Waals surface area contributed by atoms with E-state index in [1.807, 2.05) is 17.9 Å². The van der Waals surface area contributed by atoms with E-state index in [9.17, 15) is 9.59 Å². The summed E-state index contributed by atoms with van der Waals surface area (Å²) in [7, 11) is 0. The molecule has 20 heavy (non-hydrogen) atoms. The lowest BCUT2D eigenvalue weighted by atomic mass is 10.2. The summed E-state index contributed by atoms with van der Waals surface area (Å²) in [6.07, 6.45) is 0.857. The fourth-order valence-electron chi connectivity index (χ4n) is 2.17. The molecule has 0 aromatic heterocycles. The molecule has 2 amide bonds. The minimum atomic E-state index is -0.131. The van der Waals surface area contributed by atoms with Gasteiger partial charge in [-0.05, 0) is 31.0 Å².